The van der Waals surface area contributed by atoms with Crippen molar-refractivity contribution in [3.63, 3.8) is 0 Å². The maximum absolute atomic E-state index is 12.6. The van der Waals surface area contributed by atoms with Crippen molar-refractivity contribution in [1.29, 1.82) is 0 Å². The molecule has 0 radical (unpaired) electrons. The van der Waals surface area contributed by atoms with Crippen molar-refractivity contribution < 1.29 is 24.2 Å². The number of rotatable bonds is 6. The first-order chi connectivity index (χ1) is 12.7. The van der Waals surface area contributed by atoms with Gasteiger partial charge in [-0.05, 0) is 62.2 Å². The third kappa shape index (κ3) is 6.47. The molecule has 0 atom stereocenters. The fraction of sp³-hybridized carbons (Fsp3) is 0.429. The molecule has 1 N–H and O–H groups in total. The van der Waals surface area contributed by atoms with Crippen LogP contribution in [-0.4, -0.2) is 40.8 Å². The molecule has 6 heteroatoms. The molecule has 2 rings (SSSR count). The zero-order valence-corrected chi connectivity index (χ0v) is 16.3. The number of phenolic OH excluding ortho intramolecular Hbond substituents is 1. The quantitative estimate of drug-likeness (QED) is 0.767. The van der Waals surface area contributed by atoms with Gasteiger partial charge in [0, 0.05) is 13.1 Å². The number of aromatic hydroxyl groups is 1. The lowest BCUT2D eigenvalue weighted by atomic mass is 10.1. The molecule has 0 aliphatic carbocycles. The molecule has 0 saturated carbocycles. The van der Waals surface area contributed by atoms with Gasteiger partial charge in [0.25, 0.3) is 0 Å². The van der Waals surface area contributed by atoms with E-state index >= 15 is 0 Å². The van der Waals surface area contributed by atoms with Crippen molar-refractivity contribution in [2.24, 2.45) is 0 Å². The van der Waals surface area contributed by atoms with Gasteiger partial charge in [0.05, 0.1) is 13.0 Å². The second kappa shape index (κ2) is 8.75. The second-order valence-corrected chi connectivity index (χ2v) is 7.32. The Labute approximate surface area is 159 Å². The van der Waals surface area contributed by atoms with Crippen molar-refractivity contribution in [2.45, 2.75) is 46.3 Å². The molecule has 0 aliphatic heterocycles. The summed E-state index contributed by atoms with van der Waals surface area (Å²) in [5, 5.41) is 11.4. The molecule has 0 unspecified atom stereocenters. The van der Waals surface area contributed by atoms with Crippen molar-refractivity contribution in [1.82, 2.24) is 4.90 Å². The van der Waals surface area contributed by atoms with Crippen LogP contribution in [0.4, 0.5) is 4.79 Å². The van der Waals surface area contributed by atoms with E-state index < -0.39 is 11.7 Å². The van der Waals surface area contributed by atoms with Crippen molar-refractivity contribution in [2.75, 3.05) is 13.2 Å². The monoisotopic (exact) mass is 373 g/mol. The van der Waals surface area contributed by atoms with Crippen molar-refractivity contribution in [3.05, 3.63) is 42.0 Å². The Morgan fingerprint density at radius 1 is 1.07 bits per heavy atom. The highest BCUT2D eigenvalue weighted by Crippen LogP contribution is 2.22. The summed E-state index contributed by atoms with van der Waals surface area (Å²) in [6.07, 6.45) is -0.369. The predicted molar refractivity (Wildman–Crippen MR) is 104 cm³/mol. The van der Waals surface area contributed by atoms with Crippen LogP contribution in [0.25, 0.3) is 10.8 Å². The first kappa shape index (κ1) is 20.6. The molecule has 0 aromatic heterocycles. The Bertz CT molecular complexity index is 810. The van der Waals surface area contributed by atoms with E-state index in [0.717, 1.165) is 16.3 Å². The number of hydrogen-bond donors (Lipinski definition) is 1. The molecule has 146 valence electrons. The Kier molecular flexibility index (Phi) is 6.66. The van der Waals surface area contributed by atoms with E-state index in [0.29, 0.717) is 13.2 Å². The number of phenols is 1. The molecule has 0 aliphatic rings. The molecule has 0 bridgehead atoms. The number of esters is 1. The number of amides is 1. The van der Waals surface area contributed by atoms with Gasteiger partial charge in [0.2, 0.25) is 0 Å². The normalized spacial score (nSPS) is 11.3. The number of benzene rings is 2. The Balaban J connectivity index is 2.17. The number of carbonyl (C=O) groups excluding carboxylic acids is 2. The van der Waals surface area contributed by atoms with E-state index in [1.54, 1.807) is 39.8 Å². The number of fused-ring (bicyclic) bond motifs is 1. The highest BCUT2D eigenvalue weighted by molar-refractivity contribution is 5.84. The fourth-order valence-electron chi connectivity index (χ4n) is 2.62. The molecule has 2 aromatic rings. The summed E-state index contributed by atoms with van der Waals surface area (Å²) in [6, 6.07) is 10.9. The third-order valence-electron chi connectivity index (χ3n) is 3.80. The largest absolute Gasteiger partial charge is 0.508 e. The standard InChI is InChI=1S/C21H27NO5/c1-5-26-19(24)10-11-22(20(25)27-21(2,3)4)14-15-6-7-17-13-18(23)9-8-16(17)12-15/h6-9,12-13,23H,5,10-11,14H2,1-4H3. The highest BCUT2D eigenvalue weighted by atomic mass is 16.6. The molecule has 2 aromatic carbocycles. The molecule has 0 saturated heterocycles. The smallest absolute Gasteiger partial charge is 0.410 e. The summed E-state index contributed by atoms with van der Waals surface area (Å²) in [7, 11) is 0. The topological polar surface area (TPSA) is 76.1 Å². The van der Waals surface area contributed by atoms with E-state index in [2.05, 4.69) is 0 Å². The summed E-state index contributed by atoms with van der Waals surface area (Å²) in [5.41, 5.74) is 0.281. The average molecular weight is 373 g/mol. The molecule has 1 amide bonds. The van der Waals surface area contributed by atoms with Gasteiger partial charge in [-0.1, -0.05) is 18.2 Å². The minimum Gasteiger partial charge on any atom is -0.508 e. The summed E-state index contributed by atoms with van der Waals surface area (Å²) >= 11 is 0. The van der Waals surface area contributed by atoms with Crippen molar-refractivity contribution >= 4 is 22.8 Å². The first-order valence-electron chi connectivity index (χ1n) is 9.03. The van der Waals surface area contributed by atoms with Crippen LogP contribution in [-0.2, 0) is 20.8 Å². The summed E-state index contributed by atoms with van der Waals surface area (Å²) in [6.45, 7) is 7.98. The summed E-state index contributed by atoms with van der Waals surface area (Å²) < 4.78 is 10.4. The minimum atomic E-state index is -0.625. The van der Waals surface area contributed by atoms with E-state index in [1.165, 1.54) is 4.90 Å². The Morgan fingerprint density at radius 3 is 2.41 bits per heavy atom. The highest BCUT2D eigenvalue weighted by Gasteiger charge is 2.23. The zero-order valence-electron chi connectivity index (χ0n) is 16.3. The molecule has 0 heterocycles. The first-order valence-corrected chi connectivity index (χ1v) is 9.03. The van der Waals surface area contributed by atoms with Gasteiger partial charge in [0.1, 0.15) is 11.4 Å². The molecule has 0 spiro atoms. The number of hydrogen-bond acceptors (Lipinski definition) is 5. The lowest BCUT2D eigenvalue weighted by Crippen LogP contribution is -2.37. The van der Waals surface area contributed by atoms with E-state index in [4.69, 9.17) is 9.47 Å². The van der Waals surface area contributed by atoms with Gasteiger partial charge in [-0.3, -0.25) is 4.79 Å². The Hall–Kier alpha value is -2.76. The van der Waals surface area contributed by atoms with Crippen LogP contribution in [0.3, 0.4) is 0 Å². The van der Waals surface area contributed by atoms with E-state index in [9.17, 15) is 14.7 Å². The van der Waals surface area contributed by atoms with Crippen LogP contribution in [0.15, 0.2) is 36.4 Å². The third-order valence-corrected chi connectivity index (χ3v) is 3.80. The predicted octanol–water partition coefficient (Wildman–Crippen LogP) is 4.24. The molecular formula is C21H27NO5. The van der Waals surface area contributed by atoms with Crippen LogP contribution in [0, 0.1) is 0 Å². The lowest BCUT2D eigenvalue weighted by Gasteiger charge is -2.27. The van der Waals surface area contributed by atoms with E-state index in [1.807, 2.05) is 24.3 Å². The van der Waals surface area contributed by atoms with Gasteiger partial charge in [-0.15, -0.1) is 0 Å². The average Bonchev–Trinajstić information content (AvgIpc) is 2.57. The maximum atomic E-state index is 12.6. The van der Waals surface area contributed by atoms with Gasteiger partial charge in [-0.2, -0.15) is 0 Å². The van der Waals surface area contributed by atoms with Gasteiger partial charge >= 0.3 is 12.1 Å². The van der Waals surface area contributed by atoms with E-state index in [-0.39, 0.29) is 24.7 Å². The maximum Gasteiger partial charge on any atom is 0.410 e. The van der Waals surface area contributed by atoms with Crippen molar-refractivity contribution in [3.8, 4) is 5.75 Å². The van der Waals surface area contributed by atoms with Crippen LogP contribution in [0.2, 0.25) is 0 Å². The number of carbonyl (C=O) groups is 2. The zero-order chi connectivity index (χ0) is 20.0. The van der Waals surface area contributed by atoms with Gasteiger partial charge in [-0.25, -0.2) is 4.79 Å². The minimum absolute atomic E-state index is 0.106. The lowest BCUT2D eigenvalue weighted by molar-refractivity contribution is -0.143. The fourth-order valence-corrected chi connectivity index (χ4v) is 2.62. The van der Waals surface area contributed by atoms with Crippen LogP contribution >= 0.6 is 0 Å². The van der Waals surface area contributed by atoms with Crippen LogP contribution in [0.1, 0.15) is 39.7 Å². The van der Waals surface area contributed by atoms with Gasteiger partial charge in [0.15, 0.2) is 0 Å². The number of ether oxygens (including phenoxy) is 2. The Morgan fingerprint density at radius 2 is 1.74 bits per heavy atom. The SMILES string of the molecule is CCOC(=O)CCN(Cc1ccc2cc(O)ccc2c1)C(=O)OC(C)(C)C. The van der Waals surface area contributed by atoms with Crippen LogP contribution < -0.4 is 0 Å². The second-order valence-electron chi connectivity index (χ2n) is 7.32. The van der Waals surface area contributed by atoms with Gasteiger partial charge < -0.3 is 19.5 Å². The van der Waals surface area contributed by atoms with Crippen LogP contribution in [0.5, 0.6) is 5.75 Å². The molecule has 6 nitrogen and oxygen atoms in total. The summed E-state index contributed by atoms with van der Waals surface area (Å²) in [5.74, 6) is -0.139. The molecule has 27 heavy (non-hydrogen) atoms. The summed E-state index contributed by atoms with van der Waals surface area (Å²) in [4.78, 5) is 25.8. The number of nitrogens with zero attached hydrogens (tertiary/aromatic N) is 1. The molecular weight excluding hydrogens is 346 g/mol. The molecule has 0 fully saturated rings.